The zero-order chi connectivity index (χ0) is 15.6. The fraction of sp³-hybridized carbons (Fsp3) is 0.500. The van der Waals surface area contributed by atoms with Crippen LogP contribution in [-0.2, 0) is 0 Å². The molecular weight excluding hydrogens is 294 g/mol. The predicted molar refractivity (Wildman–Crippen MR) is 82.9 cm³/mol. The molecule has 2 aromatic heterocycles. The van der Waals surface area contributed by atoms with Crippen LogP contribution < -0.4 is 4.90 Å². The third-order valence-electron chi connectivity index (χ3n) is 4.88. The van der Waals surface area contributed by atoms with Crippen LogP contribution in [-0.4, -0.2) is 51.9 Å². The van der Waals surface area contributed by atoms with E-state index >= 15 is 0 Å². The normalized spacial score (nSPS) is 24.3. The van der Waals surface area contributed by atoms with Crippen LogP contribution in [0.2, 0.25) is 0 Å². The number of carbonyl (C=O) groups is 1. The third kappa shape index (κ3) is 2.78. The van der Waals surface area contributed by atoms with Gasteiger partial charge < -0.3 is 14.2 Å². The van der Waals surface area contributed by atoms with Gasteiger partial charge in [0.15, 0.2) is 6.39 Å². The van der Waals surface area contributed by atoms with Crippen LogP contribution in [0.5, 0.6) is 0 Å². The highest BCUT2D eigenvalue weighted by Gasteiger charge is 2.38. The third-order valence-corrected chi connectivity index (χ3v) is 4.88. The summed E-state index contributed by atoms with van der Waals surface area (Å²) in [6.07, 6.45) is 8.48. The molecule has 0 aromatic carbocycles. The Morgan fingerprint density at radius 3 is 2.43 bits per heavy atom. The van der Waals surface area contributed by atoms with E-state index in [0.717, 1.165) is 45.0 Å². The summed E-state index contributed by atoms with van der Waals surface area (Å²) in [5.41, 5.74) is 0. The standard InChI is InChI=1S/C16H19N5O2/c22-15(14-8-17-11-23-14)21-9-12-2-6-20(7-3-13(12)10-21)16-18-4-1-5-19-16/h1,4-5,8,11-13H,2-3,6-7,9-10H2/t12-,13+. The molecule has 23 heavy (non-hydrogen) atoms. The van der Waals surface area contributed by atoms with Crippen molar-refractivity contribution in [3.05, 3.63) is 36.8 Å². The average molecular weight is 313 g/mol. The first-order valence-electron chi connectivity index (χ1n) is 8.01. The Hall–Kier alpha value is -2.44. The van der Waals surface area contributed by atoms with Gasteiger partial charge in [0.2, 0.25) is 11.7 Å². The molecule has 2 saturated heterocycles. The molecule has 4 rings (SSSR count). The van der Waals surface area contributed by atoms with Crippen LogP contribution >= 0.6 is 0 Å². The van der Waals surface area contributed by atoms with Crippen molar-refractivity contribution < 1.29 is 9.21 Å². The Kier molecular flexibility index (Phi) is 3.69. The molecule has 2 aliphatic heterocycles. The lowest BCUT2D eigenvalue weighted by Gasteiger charge is -2.21. The summed E-state index contributed by atoms with van der Waals surface area (Å²) < 4.78 is 5.13. The number of rotatable bonds is 2. The minimum Gasteiger partial charge on any atom is -0.438 e. The van der Waals surface area contributed by atoms with Gasteiger partial charge in [-0.25, -0.2) is 15.0 Å². The van der Waals surface area contributed by atoms with E-state index in [2.05, 4.69) is 19.9 Å². The van der Waals surface area contributed by atoms with Gasteiger partial charge in [-0.05, 0) is 30.7 Å². The van der Waals surface area contributed by atoms with Gasteiger partial charge in [-0.1, -0.05) is 0 Å². The second-order valence-corrected chi connectivity index (χ2v) is 6.21. The summed E-state index contributed by atoms with van der Waals surface area (Å²) in [4.78, 5) is 29.1. The molecule has 2 aromatic rings. The van der Waals surface area contributed by atoms with Crippen molar-refractivity contribution in [3.8, 4) is 0 Å². The van der Waals surface area contributed by atoms with Gasteiger partial charge in [0, 0.05) is 38.6 Å². The zero-order valence-corrected chi connectivity index (χ0v) is 12.8. The van der Waals surface area contributed by atoms with Gasteiger partial charge in [-0.3, -0.25) is 4.79 Å². The molecule has 2 atom stereocenters. The topological polar surface area (TPSA) is 75.4 Å². The number of oxazole rings is 1. The van der Waals surface area contributed by atoms with Gasteiger partial charge in [0.1, 0.15) is 0 Å². The van der Waals surface area contributed by atoms with Crippen molar-refractivity contribution in [1.82, 2.24) is 19.9 Å². The van der Waals surface area contributed by atoms with E-state index in [0.29, 0.717) is 17.6 Å². The molecule has 0 saturated carbocycles. The van der Waals surface area contributed by atoms with E-state index in [1.165, 1.54) is 12.6 Å². The second-order valence-electron chi connectivity index (χ2n) is 6.21. The average Bonchev–Trinajstić information content (AvgIpc) is 3.22. The SMILES string of the molecule is O=C(c1cnco1)N1C[C@H]2CCN(c3ncccn3)CC[C@H]2C1. The first-order chi connectivity index (χ1) is 11.3. The molecular formula is C16H19N5O2. The second kappa shape index (κ2) is 5.98. The predicted octanol–water partition coefficient (Wildman–Crippen LogP) is 1.45. The number of nitrogens with zero attached hydrogens (tertiary/aromatic N) is 5. The highest BCUT2D eigenvalue weighted by Crippen LogP contribution is 2.33. The maximum absolute atomic E-state index is 12.4. The summed E-state index contributed by atoms with van der Waals surface area (Å²) in [6.45, 7) is 3.48. The minimum atomic E-state index is -0.0428. The number of fused-ring (bicyclic) bond motifs is 1. The van der Waals surface area contributed by atoms with Gasteiger partial charge in [0.25, 0.3) is 5.91 Å². The number of anilines is 1. The Balaban J connectivity index is 1.41. The smallest absolute Gasteiger partial charge is 0.291 e. The van der Waals surface area contributed by atoms with E-state index in [4.69, 9.17) is 4.42 Å². The summed E-state index contributed by atoms with van der Waals surface area (Å²) in [5, 5.41) is 0. The van der Waals surface area contributed by atoms with Crippen molar-refractivity contribution in [1.29, 1.82) is 0 Å². The molecule has 7 heteroatoms. The number of aromatic nitrogens is 3. The molecule has 0 N–H and O–H groups in total. The van der Waals surface area contributed by atoms with Crippen molar-refractivity contribution >= 4 is 11.9 Å². The van der Waals surface area contributed by atoms with Crippen LogP contribution in [0.3, 0.4) is 0 Å². The molecule has 0 aliphatic carbocycles. The fourth-order valence-corrected chi connectivity index (χ4v) is 3.65. The molecule has 2 fully saturated rings. The first kappa shape index (κ1) is 14.2. The van der Waals surface area contributed by atoms with E-state index in [1.807, 2.05) is 11.0 Å². The van der Waals surface area contributed by atoms with Crippen molar-refractivity contribution in [3.63, 3.8) is 0 Å². The van der Waals surface area contributed by atoms with E-state index in [-0.39, 0.29) is 5.91 Å². The Bertz CT molecular complexity index is 644. The van der Waals surface area contributed by atoms with Gasteiger partial charge >= 0.3 is 0 Å². The monoisotopic (exact) mass is 313 g/mol. The number of hydrogen-bond acceptors (Lipinski definition) is 6. The lowest BCUT2D eigenvalue weighted by molar-refractivity contribution is 0.0751. The number of amides is 1. The molecule has 2 aliphatic rings. The molecule has 0 unspecified atom stereocenters. The molecule has 0 bridgehead atoms. The van der Waals surface area contributed by atoms with Gasteiger partial charge in [-0.2, -0.15) is 0 Å². The summed E-state index contributed by atoms with van der Waals surface area (Å²) in [7, 11) is 0. The van der Waals surface area contributed by atoms with Crippen molar-refractivity contribution in [2.24, 2.45) is 11.8 Å². The lowest BCUT2D eigenvalue weighted by Crippen LogP contribution is -2.31. The van der Waals surface area contributed by atoms with Crippen molar-refractivity contribution in [2.75, 3.05) is 31.1 Å². The van der Waals surface area contributed by atoms with Gasteiger partial charge in [-0.15, -0.1) is 0 Å². The Morgan fingerprint density at radius 1 is 1.13 bits per heavy atom. The van der Waals surface area contributed by atoms with Gasteiger partial charge in [0.05, 0.1) is 6.20 Å². The highest BCUT2D eigenvalue weighted by atomic mass is 16.3. The highest BCUT2D eigenvalue weighted by molar-refractivity contribution is 5.91. The first-order valence-corrected chi connectivity index (χ1v) is 8.01. The van der Waals surface area contributed by atoms with Crippen LogP contribution in [0.4, 0.5) is 5.95 Å². The summed E-state index contributed by atoms with van der Waals surface area (Å²) in [6, 6.07) is 1.84. The van der Waals surface area contributed by atoms with Crippen molar-refractivity contribution in [2.45, 2.75) is 12.8 Å². The number of likely N-dealkylation sites (tertiary alicyclic amines) is 1. The zero-order valence-electron chi connectivity index (χ0n) is 12.8. The molecule has 4 heterocycles. The Morgan fingerprint density at radius 2 is 1.83 bits per heavy atom. The largest absolute Gasteiger partial charge is 0.438 e. The van der Waals surface area contributed by atoms with Crippen LogP contribution in [0.1, 0.15) is 23.4 Å². The lowest BCUT2D eigenvalue weighted by atomic mass is 9.92. The van der Waals surface area contributed by atoms with E-state index < -0.39 is 0 Å². The summed E-state index contributed by atoms with van der Waals surface area (Å²) in [5.74, 6) is 2.17. The van der Waals surface area contributed by atoms with Crippen LogP contribution in [0.25, 0.3) is 0 Å². The fourth-order valence-electron chi connectivity index (χ4n) is 3.65. The maximum atomic E-state index is 12.4. The molecule has 0 radical (unpaired) electrons. The number of hydrogen-bond donors (Lipinski definition) is 0. The molecule has 7 nitrogen and oxygen atoms in total. The Labute approximate surface area is 134 Å². The molecule has 120 valence electrons. The van der Waals surface area contributed by atoms with E-state index in [9.17, 15) is 4.79 Å². The van der Waals surface area contributed by atoms with E-state index in [1.54, 1.807) is 12.4 Å². The van der Waals surface area contributed by atoms with Crippen LogP contribution in [0, 0.1) is 11.8 Å². The minimum absolute atomic E-state index is 0.0428. The maximum Gasteiger partial charge on any atom is 0.291 e. The summed E-state index contributed by atoms with van der Waals surface area (Å²) >= 11 is 0. The van der Waals surface area contributed by atoms with Crippen LogP contribution in [0.15, 0.2) is 35.5 Å². The quantitative estimate of drug-likeness (QED) is 0.835. The molecule has 1 amide bonds. The molecule has 0 spiro atoms. The number of carbonyl (C=O) groups excluding carboxylic acids is 1.